The molecule has 1 aromatic carbocycles. The third-order valence-electron chi connectivity index (χ3n) is 4.71. The molecule has 3 N–H and O–H groups in total. The second-order valence-electron chi connectivity index (χ2n) is 7.31. The van der Waals surface area contributed by atoms with Gasteiger partial charge >= 0.3 is 6.18 Å². The Hall–Kier alpha value is -3.74. The number of nitrogens with zero attached hydrogens (tertiary/aromatic N) is 3. The molecule has 0 unspecified atom stereocenters. The van der Waals surface area contributed by atoms with Gasteiger partial charge in [-0.2, -0.15) is 18.2 Å². The molecule has 0 aliphatic carbocycles. The number of carbonyl (C=O) groups excluding carboxylic acids is 1. The lowest BCUT2D eigenvalue weighted by Gasteiger charge is -2.15. The molecule has 172 valence electrons. The van der Waals surface area contributed by atoms with Crippen LogP contribution in [0.15, 0.2) is 47.6 Å². The van der Waals surface area contributed by atoms with Crippen LogP contribution in [-0.2, 0) is 33.8 Å². The highest BCUT2D eigenvalue weighted by Crippen LogP contribution is 2.34. The number of hydrogen-bond acceptors (Lipinski definition) is 8. The molecule has 0 fully saturated rings. The lowest BCUT2D eigenvalue weighted by Crippen LogP contribution is -2.14. The van der Waals surface area contributed by atoms with E-state index in [9.17, 15) is 26.4 Å². The Balaban J connectivity index is 1.58. The number of hydrogen-bond donors (Lipinski definition) is 3. The van der Waals surface area contributed by atoms with E-state index in [1.165, 1.54) is 24.4 Å². The Morgan fingerprint density at radius 2 is 1.94 bits per heavy atom. The van der Waals surface area contributed by atoms with Gasteiger partial charge in [0.25, 0.3) is 0 Å². The Morgan fingerprint density at radius 1 is 1.15 bits per heavy atom. The van der Waals surface area contributed by atoms with Gasteiger partial charge in [-0.3, -0.25) is 4.79 Å². The van der Waals surface area contributed by atoms with Crippen molar-refractivity contribution in [1.29, 1.82) is 0 Å². The summed E-state index contributed by atoms with van der Waals surface area (Å²) < 4.78 is 63.9. The minimum Gasteiger partial charge on any atom is -0.365 e. The summed E-state index contributed by atoms with van der Waals surface area (Å²) in [5.41, 5.74) is 0.422. The van der Waals surface area contributed by atoms with E-state index in [4.69, 9.17) is 0 Å². The molecule has 0 spiro atoms. The van der Waals surface area contributed by atoms with Gasteiger partial charge in [0.05, 0.1) is 23.2 Å². The molecular formula is C20H17F3N6O3S. The first-order valence-electron chi connectivity index (χ1n) is 9.52. The molecule has 1 amide bonds. The summed E-state index contributed by atoms with van der Waals surface area (Å²) in [4.78, 5) is 23.3. The molecule has 0 atom stereocenters. The summed E-state index contributed by atoms with van der Waals surface area (Å²) in [6.45, 7) is -0.100. The van der Waals surface area contributed by atoms with Crippen LogP contribution in [0.4, 0.5) is 36.4 Å². The minimum atomic E-state index is -4.71. The van der Waals surface area contributed by atoms with E-state index in [0.717, 1.165) is 6.26 Å². The van der Waals surface area contributed by atoms with Crippen LogP contribution in [0.5, 0.6) is 0 Å². The van der Waals surface area contributed by atoms with Crippen LogP contribution in [0.25, 0.3) is 0 Å². The molecule has 0 bridgehead atoms. The van der Waals surface area contributed by atoms with Crippen molar-refractivity contribution in [2.75, 3.05) is 22.2 Å². The molecule has 2 aromatic heterocycles. The van der Waals surface area contributed by atoms with Gasteiger partial charge in [-0.05, 0) is 23.8 Å². The highest BCUT2D eigenvalue weighted by Gasteiger charge is 2.35. The van der Waals surface area contributed by atoms with Crippen molar-refractivity contribution in [2.24, 2.45) is 0 Å². The van der Waals surface area contributed by atoms with Crippen LogP contribution in [0.2, 0.25) is 0 Å². The summed E-state index contributed by atoms with van der Waals surface area (Å²) in [5.74, 6) is -0.366. The number of benzene rings is 1. The van der Waals surface area contributed by atoms with Crippen LogP contribution in [0.1, 0.15) is 16.7 Å². The number of halogens is 3. The standard InChI is InChI=1S/C20H17F3N6O3S/c1-33(31,32)14-4-2-3-11(5-14)8-24-18-15(20(21,22)23)10-26-19(29-18)27-13-6-12-7-16(30)28-17(12)25-9-13/h2-6,9-10H,7-8H2,1H3,(H,25,28,30)(H2,24,26,27,29). The lowest BCUT2D eigenvalue weighted by molar-refractivity contribution is -0.137. The van der Waals surface area contributed by atoms with Crippen molar-refractivity contribution in [3.8, 4) is 0 Å². The fourth-order valence-corrected chi connectivity index (χ4v) is 3.85. The normalized spacial score (nSPS) is 13.4. The molecule has 1 aliphatic rings. The second kappa shape index (κ2) is 8.31. The molecule has 0 radical (unpaired) electrons. The van der Waals surface area contributed by atoms with E-state index < -0.39 is 27.4 Å². The van der Waals surface area contributed by atoms with E-state index in [0.29, 0.717) is 28.8 Å². The number of alkyl halides is 3. The second-order valence-corrected chi connectivity index (χ2v) is 9.32. The zero-order chi connectivity index (χ0) is 23.8. The number of nitrogens with one attached hydrogen (secondary N) is 3. The Bertz CT molecular complexity index is 1350. The van der Waals surface area contributed by atoms with Crippen molar-refractivity contribution in [3.63, 3.8) is 0 Å². The van der Waals surface area contributed by atoms with Gasteiger partial charge in [0.1, 0.15) is 17.2 Å². The monoisotopic (exact) mass is 478 g/mol. The Labute approximate surface area is 186 Å². The molecule has 1 aliphatic heterocycles. The van der Waals surface area contributed by atoms with Gasteiger partial charge in [-0.25, -0.2) is 18.4 Å². The van der Waals surface area contributed by atoms with E-state index >= 15 is 0 Å². The van der Waals surface area contributed by atoms with Gasteiger partial charge < -0.3 is 16.0 Å². The summed E-state index contributed by atoms with van der Waals surface area (Å²) in [7, 11) is -3.46. The van der Waals surface area contributed by atoms with Gasteiger partial charge in [0.15, 0.2) is 9.84 Å². The fourth-order valence-electron chi connectivity index (χ4n) is 3.16. The molecule has 0 saturated carbocycles. The highest BCUT2D eigenvalue weighted by atomic mass is 32.2. The molecule has 9 nitrogen and oxygen atoms in total. The number of amides is 1. The molecule has 33 heavy (non-hydrogen) atoms. The Morgan fingerprint density at radius 3 is 2.67 bits per heavy atom. The maximum atomic E-state index is 13.5. The SMILES string of the molecule is CS(=O)(=O)c1cccc(CNc2nc(Nc3cnc4c(c3)CC(=O)N4)ncc2C(F)(F)F)c1. The topological polar surface area (TPSA) is 126 Å². The van der Waals surface area contributed by atoms with Crippen molar-refractivity contribution in [1.82, 2.24) is 15.0 Å². The van der Waals surface area contributed by atoms with Gasteiger partial charge in [0.2, 0.25) is 11.9 Å². The van der Waals surface area contributed by atoms with E-state index in [-0.39, 0.29) is 29.7 Å². The molecule has 0 saturated heterocycles. The fraction of sp³-hybridized carbons (Fsp3) is 0.200. The number of pyridine rings is 1. The summed E-state index contributed by atoms with van der Waals surface area (Å²) in [6.07, 6.45) is -1.48. The number of fused-ring (bicyclic) bond motifs is 1. The van der Waals surface area contributed by atoms with E-state index in [1.54, 1.807) is 12.1 Å². The third kappa shape index (κ3) is 5.19. The molecular weight excluding hydrogens is 461 g/mol. The molecule has 3 aromatic rings. The largest absolute Gasteiger partial charge is 0.421 e. The number of anilines is 4. The maximum Gasteiger partial charge on any atom is 0.421 e. The Kier molecular flexibility index (Phi) is 5.66. The first kappa shape index (κ1) is 22.5. The molecule has 4 rings (SSSR count). The van der Waals surface area contributed by atoms with Crippen LogP contribution in [0, 0.1) is 0 Å². The average Bonchev–Trinajstić information content (AvgIpc) is 3.10. The molecule has 13 heteroatoms. The number of aromatic nitrogens is 3. The van der Waals surface area contributed by atoms with E-state index in [2.05, 4.69) is 30.9 Å². The smallest absolute Gasteiger partial charge is 0.365 e. The number of carbonyl (C=O) groups is 1. The number of rotatable bonds is 6. The predicted molar refractivity (Wildman–Crippen MR) is 114 cm³/mol. The van der Waals surface area contributed by atoms with Crippen molar-refractivity contribution < 1.29 is 26.4 Å². The van der Waals surface area contributed by atoms with Crippen molar-refractivity contribution >= 4 is 39.0 Å². The van der Waals surface area contributed by atoms with Crippen LogP contribution < -0.4 is 16.0 Å². The van der Waals surface area contributed by atoms with Crippen LogP contribution in [0.3, 0.4) is 0 Å². The minimum absolute atomic E-state index is 0.0555. The van der Waals surface area contributed by atoms with Crippen molar-refractivity contribution in [3.05, 3.63) is 59.4 Å². The van der Waals surface area contributed by atoms with Crippen LogP contribution in [-0.4, -0.2) is 35.5 Å². The first-order chi connectivity index (χ1) is 15.5. The molecule has 3 heterocycles. The van der Waals surface area contributed by atoms with Crippen LogP contribution >= 0.6 is 0 Å². The quantitative estimate of drug-likeness (QED) is 0.493. The average molecular weight is 478 g/mol. The van der Waals surface area contributed by atoms with Crippen molar-refractivity contribution in [2.45, 2.75) is 24.0 Å². The van der Waals surface area contributed by atoms with Gasteiger partial charge in [-0.15, -0.1) is 0 Å². The summed E-state index contributed by atoms with van der Waals surface area (Å²) in [6, 6.07) is 7.50. The van der Waals surface area contributed by atoms with Gasteiger partial charge in [-0.1, -0.05) is 12.1 Å². The predicted octanol–water partition coefficient (Wildman–Crippen LogP) is 3.14. The number of sulfone groups is 1. The lowest BCUT2D eigenvalue weighted by atomic mass is 10.2. The highest BCUT2D eigenvalue weighted by molar-refractivity contribution is 7.90. The first-order valence-corrected chi connectivity index (χ1v) is 11.4. The third-order valence-corrected chi connectivity index (χ3v) is 5.82. The van der Waals surface area contributed by atoms with Gasteiger partial charge in [0, 0.05) is 24.6 Å². The van der Waals surface area contributed by atoms with E-state index in [1.807, 2.05) is 0 Å². The zero-order valence-electron chi connectivity index (χ0n) is 17.1. The summed E-state index contributed by atoms with van der Waals surface area (Å²) >= 11 is 0. The summed E-state index contributed by atoms with van der Waals surface area (Å²) in [5, 5.41) is 7.98. The zero-order valence-corrected chi connectivity index (χ0v) is 17.9. The maximum absolute atomic E-state index is 13.5.